The smallest absolute Gasteiger partial charge is 0.123 e. The third kappa shape index (κ3) is 2.22. The Hall–Kier alpha value is -1.68. The lowest BCUT2D eigenvalue weighted by atomic mass is 10.0. The molecule has 4 heteroatoms. The van der Waals surface area contributed by atoms with Crippen LogP contribution >= 0.6 is 0 Å². The summed E-state index contributed by atoms with van der Waals surface area (Å²) in [5, 5.41) is 4.37. The molecule has 2 aromatic rings. The predicted molar refractivity (Wildman–Crippen MR) is 66.1 cm³/mol. The Kier molecular flexibility index (Phi) is 3.24. The van der Waals surface area contributed by atoms with Gasteiger partial charge in [-0.2, -0.15) is 5.10 Å². The Morgan fingerprint density at radius 1 is 1.41 bits per heavy atom. The molecule has 0 aliphatic carbocycles. The summed E-state index contributed by atoms with van der Waals surface area (Å²) >= 11 is 0. The molecule has 0 atom stereocenters. The van der Waals surface area contributed by atoms with Crippen LogP contribution in [0.25, 0.3) is 11.1 Å². The van der Waals surface area contributed by atoms with Crippen molar-refractivity contribution in [2.45, 2.75) is 13.3 Å². The molecule has 0 aliphatic heterocycles. The molecule has 1 aromatic heterocycles. The molecule has 1 heterocycles. The Balaban J connectivity index is 2.57. The van der Waals surface area contributed by atoms with Gasteiger partial charge in [0.2, 0.25) is 0 Å². The van der Waals surface area contributed by atoms with Crippen LogP contribution < -0.4 is 5.73 Å². The van der Waals surface area contributed by atoms with Gasteiger partial charge in [-0.1, -0.05) is 12.1 Å². The molecule has 2 rings (SSSR count). The minimum Gasteiger partial charge on any atom is -0.330 e. The van der Waals surface area contributed by atoms with E-state index in [1.165, 1.54) is 12.1 Å². The lowest BCUT2D eigenvalue weighted by Gasteiger charge is -2.05. The molecule has 0 saturated heterocycles. The van der Waals surface area contributed by atoms with Gasteiger partial charge >= 0.3 is 0 Å². The Bertz CT molecular complexity index is 531. The van der Waals surface area contributed by atoms with Gasteiger partial charge in [0.15, 0.2) is 0 Å². The van der Waals surface area contributed by atoms with Crippen LogP contribution in [0.5, 0.6) is 0 Å². The summed E-state index contributed by atoms with van der Waals surface area (Å²) in [6.07, 6.45) is 0.739. The molecule has 0 saturated carbocycles. The summed E-state index contributed by atoms with van der Waals surface area (Å²) in [6.45, 7) is 2.49. The maximum atomic E-state index is 13.3. The second-order valence-electron chi connectivity index (χ2n) is 4.08. The van der Waals surface area contributed by atoms with Gasteiger partial charge in [0.25, 0.3) is 0 Å². The fourth-order valence-electron chi connectivity index (χ4n) is 2.15. The monoisotopic (exact) mass is 233 g/mol. The molecule has 0 radical (unpaired) electrons. The van der Waals surface area contributed by atoms with Crippen molar-refractivity contribution in [2.24, 2.45) is 12.8 Å². The number of nitrogens with two attached hydrogens (primary N) is 1. The summed E-state index contributed by atoms with van der Waals surface area (Å²) in [6, 6.07) is 6.58. The first-order valence-electron chi connectivity index (χ1n) is 5.62. The zero-order valence-corrected chi connectivity index (χ0v) is 10.1. The van der Waals surface area contributed by atoms with E-state index in [0.29, 0.717) is 6.54 Å². The molecule has 17 heavy (non-hydrogen) atoms. The fourth-order valence-corrected chi connectivity index (χ4v) is 2.15. The molecule has 0 aliphatic rings. The molecular formula is C13H16FN3. The van der Waals surface area contributed by atoms with Gasteiger partial charge in [0.1, 0.15) is 5.82 Å². The van der Waals surface area contributed by atoms with E-state index in [9.17, 15) is 4.39 Å². The lowest BCUT2D eigenvalue weighted by molar-refractivity contribution is 0.628. The predicted octanol–water partition coefficient (Wildman–Crippen LogP) is 2.04. The third-order valence-corrected chi connectivity index (χ3v) is 2.84. The molecule has 90 valence electrons. The van der Waals surface area contributed by atoms with E-state index in [-0.39, 0.29) is 5.82 Å². The molecule has 0 fully saturated rings. The number of hydrogen-bond acceptors (Lipinski definition) is 2. The van der Waals surface area contributed by atoms with Crippen LogP contribution in [-0.2, 0) is 13.5 Å². The molecule has 0 spiro atoms. The van der Waals surface area contributed by atoms with Gasteiger partial charge in [-0.3, -0.25) is 4.68 Å². The van der Waals surface area contributed by atoms with Crippen LogP contribution in [0.15, 0.2) is 24.3 Å². The second-order valence-corrected chi connectivity index (χ2v) is 4.08. The number of hydrogen-bond donors (Lipinski definition) is 1. The first kappa shape index (κ1) is 11.8. The van der Waals surface area contributed by atoms with Crippen molar-refractivity contribution in [1.82, 2.24) is 9.78 Å². The highest BCUT2D eigenvalue weighted by Crippen LogP contribution is 2.27. The highest BCUT2D eigenvalue weighted by Gasteiger charge is 2.14. The van der Waals surface area contributed by atoms with Gasteiger partial charge in [-0.05, 0) is 31.2 Å². The van der Waals surface area contributed by atoms with E-state index in [1.54, 1.807) is 6.07 Å². The Labute approximate surface area is 100 Å². The summed E-state index contributed by atoms with van der Waals surface area (Å²) < 4.78 is 15.1. The quantitative estimate of drug-likeness (QED) is 0.881. The van der Waals surface area contributed by atoms with Gasteiger partial charge in [-0.15, -0.1) is 0 Å². The van der Waals surface area contributed by atoms with E-state index >= 15 is 0 Å². The SMILES string of the molecule is Cc1nn(C)c(CCN)c1-c1cccc(F)c1. The van der Waals surface area contributed by atoms with Gasteiger partial charge in [0, 0.05) is 24.7 Å². The van der Waals surface area contributed by atoms with E-state index in [1.807, 2.05) is 24.7 Å². The summed E-state index contributed by atoms with van der Waals surface area (Å²) in [7, 11) is 1.89. The molecule has 0 bridgehead atoms. The normalized spacial score (nSPS) is 10.8. The molecule has 2 N–H and O–H groups in total. The van der Waals surface area contributed by atoms with Gasteiger partial charge in [-0.25, -0.2) is 4.39 Å². The lowest BCUT2D eigenvalue weighted by Crippen LogP contribution is -2.08. The molecule has 3 nitrogen and oxygen atoms in total. The number of aromatic nitrogens is 2. The molecular weight excluding hydrogens is 217 g/mol. The average molecular weight is 233 g/mol. The fraction of sp³-hybridized carbons (Fsp3) is 0.308. The third-order valence-electron chi connectivity index (χ3n) is 2.84. The largest absolute Gasteiger partial charge is 0.330 e. The van der Waals surface area contributed by atoms with E-state index in [2.05, 4.69) is 5.10 Å². The highest BCUT2D eigenvalue weighted by molar-refractivity contribution is 5.68. The van der Waals surface area contributed by atoms with Crippen LogP contribution in [0.3, 0.4) is 0 Å². The summed E-state index contributed by atoms with van der Waals surface area (Å²) in [5.41, 5.74) is 9.41. The first-order chi connectivity index (χ1) is 8.13. The Morgan fingerprint density at radius 3 is 2.82 bits per heavy atom. The zero-order valence-electron chi connectivity index (χ0n) is 10.1. The van der Waals surface area contributed by atoms with Crippen molar-refractivity contribution in [3.8, 4) is 11.1 Å². The van der Waals surface area contributed by atoms with Gasteiger partial charge in [0.05, 0.1) is 5.69 Å². The maximum Gasteiger partial charge on any atom is 0.123 e. The second kappa shape index (κ2) is 4.67. The Morgan fingerprint density at radius 2 is 2.18 bits per heavy atom. The van der Waals surface area contributed by atoms with Crippen LogP contribution in [0, 0.1) is 12.7 Å². The number of rotatable bonds is 3. The van der Waals surface area contributed by atoms with Crippen molar-refractivity contribution >= 4 is 0 Å². The van der Waals surface area contributed by atoms with E-state index < -0.39 is 0 Å². The molecule has 0 unspecified atom stereocenters. The van der Waals surface area contributed by atoms with Crippen molar-refractivity contribution in [2.75, 3.05) is 6.54 Å². The zero-order chi connectivity index (χ0) is 12.4. The maximum absolute atomic E-state index is 13.3. The van der Waals surface area contributed by atoms with Crippen LogP contribution in [0.4, 0.5) is 4.39 Å². The van der Waals surface area contributed by atoms with Crippen molar-refractivity contribution in [3.63, 3.8) is 0 Å². The number of halogens is 1. The molecule has 0 amide bonds. The van der Waals surface area contributed by atoms with E-state index in [0.717, 1.165) is 28.9 Å². The standard InChI is InChI=1S/C13H16FN3/c1-9-13(10-4-3-5-11(14)8-10)12(6-7-15)17(2)16-9/h3-5,8H,6-7,15H2,1-2H3. The topological polar surface area (TPSA) is 43.8 Å². The van der Waals surface area contributed by atoms with Crippen LogP contribution in [0.2, 0.25) is 0 Å². The minimum absolute atomic E-state index is 0.232. The number of aryl methyl sites for hydroxylation is 2. The average Bonchev–Trinajstić information content (AvgIpc) is 2.54. The first-order valence-corrected chi connectivity index (χ1v) is 5.62. The van der Waals surface area contributed by atoms with E-state index in [4.69, 9.17) is 5.73 Å². The summed E-state index contributed by atoms with van der Waals surface area (Å²) in [4.78, 5) is 0. The number of nitrogens with zero attached hydrogens (tertiary/aromatic N) is 2. The van der Waals surface area contributed by atoms with Crippen LogP contribution in [-0.4, -0.2) is 16.3 Å². The number of benzene rings is 1. The molecule has 1 aromatic carbocycles. The highest BCUT2D eigenvalue weighted by atomic mass is 19.1. The minimum atomic E-state index is -0.232. The van der Waals surface area contributed by atoms with Crippen molar-refractivity contribution in [3.05, 3.63) is 41.5 Å². The van der Waals surface area contributed by atoms with Crippen molar-refractivity contribution in [1.29, 1.82) is 0 Å². The van der Waals surface area contributed by atoms with Gasteiger partial charge < -0.3 is 5.73 Å². The van der Waals surface area contributed by atoms with Crippen LogP contribution in [0.1, 0.15) is 11.4 Å². The summed E-state index contributed by atoms with van der Waals surface area (Å²) in [5.74, 6) is -0.232. The van der Waals surface area contributed by atoms with Crippen molar-refractivity contribution < 1.29 is 4.39 Å².